The zero-order chi connectivity index (χ0) is 9.26. The molecule has 68 valence electrons. The normalized spacial score (nSPS) is 10.9. The Hall–Kier alpha value is -1.09. The largest absolute Gasteiger partial charge is 0.343 e. The van der Waals surface area contributed by atoms with Crippen molar-refractivity contribution >= 4 is 22.6 Å². The van der Waals surface area contributed by atoms with E-state index in [1.165, 1.54) is 6.33 Å². The second-order valence-corrected chi connectivity index (χ2v) is 3.12. The SMILES string of the molecule is CCc1[nH]c2ncncc2c1CCl. The predicted octanol–water partition coefficient (Wildman–Crippen LogP) is 2.26. The zero-order valence-electron chi connectivity index (χ0n) is 7.34. The fraction of sp³-hybridized carbons (Fsp3) is 0.333. The van der Waals surface area contributed by atoms with Crippen LogP contribution in [0.2, 0.25) is 0 Å². The van der Waals surface area contributed by atoms with Crippen molar-refractivity contribution in [1.82, 2.24) is 15.0 Å². The number of hydrogen-bond acceptors (Lipinski definition) is 2. The Bertz CT molecular complexity index is 422. The van der Waals surface area contributed by atoms with Crippen LogP contribution in [0, 0.1) is 0 Å². The van der Waals surface area contributed by atoms with Gasteiger partial charge in [-0.1, -0.05) is 6.92 Å². The van der Waals surface area contributed by atoms with E-state index in [1.54, 1.807) is 6.20 Å². The quantitative estimate of drug-likeness (QED) is 0.747. The first-order chi connectivity index (χ1) is 6.36. The van der Waals surface area contributed by atoms with Gasteiger partial charge in [-0.3, -0.25) is 0 Å². The molecule has 0 amide bonds. The van der Waals surface area contributed by atoms with Crippen molar-refractivity contribution < 1.29 is 0 Å². The molecular formula is C9H10ClN3. The van der Waals surface area contributed by atoms with E-state index in [1.807, 2.05) is 0 Å². The molecular weight excluding hydrogens is 186 g/mol. The van der Waals surface area contributed by atoms with Crippen molar-refractivity contribution in [1.29, 1.82) is 0 Å². The number of aromatic nitrogens is 3. The first kappa shape index (κ1) is 8.51. The van der Waals surface area contributed by atoms with Crippen molar-refractivity contribution in [2.45, 2.75) is 19.2 Å². The number of H-pyrrole nitrogens is 1. The lowest BCUT2D eigenvalue weighted by atomic mass is 10.2. The molecule has 0 radical (unpaired) electrons. The zero-order valence-corrected chi connectivity index (χ0v) is 8.10. The highest BCUT2D eigenvalue weighted by Crippen LogP contribution is 2.21. The Kier molecular flexibility index (Phi) is 2.19. The molecule has 0 aromatic carbocycles. The van der Waals surface area contributed by atoms with Crippen LogP contribution in [0.1, 0.15) is 18.2 Å². The van der Waals surface area contributed by atoms with Gasteiger partial charge in [0.2, 0.25) is 0 Å². The highest BCUT2D eigenvalue weighted by Gasteiger charge is 2.09. The summed E-state index contributed by atoms with van der Waals surface area (Å²) in [7, 11) is 0. The molecule has 0 bridgehead atoms. The molecule has 0 atom stereocenters. The third kappa shape index (κ3) is 1.29. The molecule has 0 aliphatic heterocycles. The molecule has 0 fully saturated rings. The van der Waals surface area contributed by atoms with E-state index in [0.717, 1.165) is 28.7 Å². The minimum absolute atomic E-state index is 0.510. The van der Waals surface area contributed by atoms with Gasteiger partial charge in [0.15, 0.2) is 0 Å². The molecule has 3 nitrogen and oxygen atoms in total. The number of halogens is 1. The minimum Gasteiger partial charge on any atom is -0.343 e. The molecule has 2 heterocycles. The molecule has 0 unspecified atom stereocenters. The molecule has 0 saturated carbocycles. The summed E-state index contributed by atoms with van der Waals surface area (Å²) in [6.45, 7) is 2.09. The van der Waals surface area contributed by atoms with Gasteiger partial charge in [0.25, 0.3) is 0 Å². The van der Waals surface area contributed by atoms with E-state index < -0.39 is 0 Å². The van der Waals surface area contributed by atoms with Crippen molar-refractivity contribution in [2.75, 3.05) is 0 Å². The van der Waals surface area contributed by atoms with Gasteiger partial charge in [0.05, 0.1) is 0 Å². The lowest BCUT2D eigenvalue weighted by Crippen LogP contribution is -1.84. The number of rotatable bonds is 2. The number of hydrogen-bond donors (Lipinski definition) is 1. The Morgan fingerprint density at radius 1 is 1.54 bits per heavy atom. The number of nitrogens with zero attached hydrogens (tertiary/aromatic N) is 2. The van der Waals surface area contributed by atoms with Crippen LogP contribution in [-0.4, -0.2) is 15.0 Å². The lowest BCUT2D eigenvalue weighted by Gasteiger charge is -1.94. The molecule has 0 aliphatic rings. The average Bonchev–Trinajstić information content (AvgIpc) is 2.55. The van der Waals surface area contributed by atoms with Crippen LogP contribution in [0.3, 0.4) is 0 Å². The van der Waals surface area contributed by atoms with Gasteiger partial charge in [-0.25, -0.2) is 9.97 Å². The molecule has 2 rings (SSSR count). The van der Waals surface area contributed by atoms with Gasteiger partial charge in [0, 0.05) is 23.2 Å². The van der Waals surface area contributed by atoms with Gasteiger partial charge in [-0.2, -0.15) is 0 Å². The topological polar surface area (TPSA) is 41.6 Å². The summed E-state index contributed by atoms with van der Waals surface area (Å²) in [5, 5.41) is 1.04. The Morgan fingerprint density at radius 3 is 3.08 bits per heavy atom. The molecule has 13 heavy (non-hydrogen) atoms. The number of fused-ring (bicyclic) bond motifs is 1. The fourth-order valence-electron chi connectivity index (χ4n) is 1.49. The summed E-state index contributed by atoms with van der Waals surface area (Å²) < 4.78 is 0. The highest BCUT2D eigenvalue weighted by atomic mass is 35.5. The maximum atomic E-state index is 5.86. The van der Waals surface area contributed by atoms with Gasteiger partial charge < -0.3 is 4.98 Å². The maximum absolute atomic E-state index is 5.86. The summed E-state index contributed by atoms with van der Waals surface area (Å²) >= 11 is 5.86. The Balaban J connectivity index is 2.73. The van der Waals surface area contributed by atoms with Crippen LogP contribution < -0.4 is 0 Å². The van der Waals surface area contributed by atoms with E-state index in [0.29, 0.717) is 5.88 Å². The molecule has 0 spiro atoms. The number of alkyl halides is 1. The Labute approximate surface area is 81.2 Å². The predicted molar refractivity (Wildman–Crippen MR) is 52.8 cm³/mol. The van der Waals surface area contributed by atoms with Gasteiger partial charge in [-0.15, -0.1) is 11.6 Å². The third-order valence-electron chi connectivity index (χ3n) is 2.16. The van der Waals surface area contributed by atoms with Crippen LogP contribution in [0.15, 0.2) is 12.5 Å². The molecule has 0 aliphatic carbocycles. The monoisotopic (exact) mass is 195 g/mol. The van der Waals surface area contributed by atoms with Crippen molar-refractivity contribution in [2.24, 2.45) is 0 Å². The summed E-state index contributed by atoms with van der Waals surface area (Å²) in [6, 6.07) is 0. The van der Waals surface area contributed by atoms with Crippen molar-refractivity contribution in [3.8, 4) is 0 Å². The highest BCUT2D eigenvalue weighted by molar-refractivity contribution is 6.18. The van der Waals surface area contributed by atoms with E-state index in [4.69, 9.17) is 11.6 Å². The van der Waals surface area contributed by atoms with Crippen LogP contribution in [-0.2, 0) is 12.3 Å². The molecule has 4 heteroatoms. The van der Waals surface area contributed by atoms with E-state index in [-0.39, 0.29) is 0 Å². The van der Waals surface area contributed by atoms with E-state index >= 15 is 0 Å². The summed E-state index contributed by atoms with van der Waals surface area (Å²) in [5.74, 6) is 0.510. The van der Waals surface area contributed by atoms with E-state index in [2.05, 4.69) is 21.9 Å². The van der Waals surface area contributed by atoms with Gasteiger partial charge >= 0.3 is 0 Å². The second-order valence-electron chi connectivity index (χ2n) is 2.85. The number of aryl methyl sites for hydroxylation is 1. The smallest absolute Gasteiger partial charge is 0.141 e. The number of aromatic amines is 1. The van der Waals surface area contributed by atoms with Crippen LogP contribution in [0.5, 0.6) is 0 Å². The molecule has 2 aromatic heterocycles. The average molecular weight is 196 g/mol. The van der Waals surface area contributed by atoms with Crippen LogP contribution in [0.25, 0.3) is 11.0 Å². The molecule has 2 aromatic rings. The van der Waals surface area contributed by atoms with Gasteiger partial charge in [0.1, 0.15) is 12.0 Å². The summed E-state index contributed by atoms with van der Waals surface area (Å²) in [5.41, 5.74) is 3.16. The lowest BCUT2D eigenvalue weighted by molar-refractivity contribution is 1.04. The number of nitrogens with one attached hydrogen (secondary N) is 1. The first-order valence-electron chi connectivity index (χ1n) is 4.22. The summed E-state index contributed by atoms with van der Waals surface area (Å²) in [6.07, 6.45) is 4.28. The van der Waals surface area contributed by atoms with Crippen LogP contribution >= 0.6 is 11.6 Å². The first-order valence-corrected chi connectivity index (χ1v) is 4.75. The maximum Gasteiger partial charge on any atom is 0.141 e. The Morgan fingerprint density at radius 2 is 2.38 bits per heavy atom. The third-order valence-corrected chi connectivity index (χ3v) is 2.43. The molecule has 0 saturated heterocycles. The standard InChI is InChI=1S/C9H10ClN3/c1-2-8-6(3-10)7-4-11-5-12-9(7)13-8/h4-5H,2-3H2,1H3,(H,11,12,13). The minimum atomic E-state index is 0.510. The summed E-state index contributed by atoms with van der Waals surface area (Å²) in [4.78, 5) is 11.3. The van der Waals surface area contributed by atoms with Gasteiger partial charge in [-0.05, 0) is 12.0 Å². The fourth-order valence-corrected chi connectivity index (χ4v) is 1.79. The van der Waals surface area contributed by atoms with Crippen LogP contribution in [0.4, 0.5) is 0 Å². The van der Waals surface area contributed by atoms with Crippen molar-refractivity contribution in [3.05, 3.63) is 23.8 Å². The molecule has 1 N–H and O–H groups in total. The van der Waals surface area contributed by atoms with E-state index in [9.17, 15) is 0 Å². The second kappa shape index (κ2) is 3.34. The van der Waals surface area contributed by atoms with Crippen molar-refractivity contribution in [3.63, 3.8) is 0 Å².